The number of phenols is 1. The van der Waals surface area contributed by atoms with E-state index in [0.29, 0.717) is 55.4 Å². The van der Waals surface area contributed by atoms with Crippen LogP contribution in [0.25, 0.3) is 16.7 Å². The number of phenolic OH excluding ortho intramolecular Hbond substituents is 1. The van der Waals surface area contributed by atoms with Gasteiger partial charge >= 0.3 is 11.9 Å². The number of hydrogen-bond acceptors (Lipinski definition) is 11. The Hall–Kier alpha value is -6.10. The smallest absolute Gasteiger partial charge is 0.340 e. The number of cyclic esters (lactones) is 1. The van der Waals surface area contributed by atoms with Gasteiger partial charge in [0.05, 0.1) is 28.4 Å². The zero-order valence-electron chi connectivity index (χ0n) is 50.7. The number of nitrogens with one attached hydrogen (secondary N) is 4. The van der Waals surface area contributed by atoms with Gasteiger partial charge in [-0.2, -0.15) is 0 Å². The van der Waals surface area contributed by atoms with Crippen LogP contribution < -0.4 is 21.3 Å². The van der Waals surface area contributed by atoms with Gasteiger partial charge in [-0.25, -0.2) is 9.59 Å². The van der Waals surface area contributed by atoms with Crippen molar-refractivity contribution in [3.05, 3.63) is 165 Å². The molecule has 0 radical (unpaired) electrons. The Morgan fingerprint density at radius 2 is 1.65 bits per heavy atom. The highest BCUT2D eigenvalue weighted by atomic mass is 16.6. The van der Waals surface area contributed by atoms with Crippen LogP contribution in [0.3, 0.4) is 0 Å². The number of carbonyl (C=O) groups excluding carboxylic acids is 2. The molecule has 12 aliphatic rings. The molecule has 5 fully saturated rings. The molecule has 16 rings (SSSR count). The van der Waals surface area contributed by atoms with E-state index < -0.39 is 16.6 Å². The molecule has 3 saturated carbocycles. The molecule has 6 aliphatic heterocycles. The predicted molar refractivity (Wildman–Crippen MR) is 335 cm³/mol. The van der Waals surface area contributed by atoms with Crippen LogP contribution >= 0.6 is 0 Å². The molecule has 11 nitrogen and oxygen atoms in total. The summed E-state index contributed by atoms with van der Waals surface area (Å²) in [6.45, 7) is 6.80. The van der Waals surface area contributed by atoms with E-state index >= 15 is 9.59 Å². The second kappa shape index (κ2) is 23.1. The number of hydrogen-bond donors (Lipinski definition) is 7. The molecule has 4 aromatic rings. The first-order chi connectivity index (χ1) is 41.7. The Kier molecular flexibility index (Phi) is 15.5. The van der Waals surface area contributed by atoms with Crippen molar-refractivity contribution in [2.45, 2.75) is 159 Å². The quantitative estimate of drug-likeness (QED) is 0.0697. The molecular formula is C75H88N4O7. The van der Waals surface area contributed by atoms with E-state index in [-0.39, 0.29) is 76.7 Å². The molecule has 7 N–H and O–H groups in total. The summed E-state index contributed by atoms with van der Waals surface area (Å²) < 4.78 is 13.6. The van der Waals surface area contributed by atoms with Crippen LogP contribution in [0.5, 0.6) is 5.75 Å². The highest BCUT2D eigenvalue weighted by Crippen LogP contribution is 2.72. The summed E-state index contributed by atoms with van der Waals surface area (Å²) in [7, 11) is 2.06. The lowest BCUT2D eigenvalue weighted by Gasteiger charge is -2.56. The number of β-amino-alcohol motifs (C(OH)–C–C–N with tert-alkyl or cyclic N) is 1. The number of ether oxygens (including phenoxy) is 2. The minimum absolute atomic E-state index is 0.0111. The van der Waals surface area contributed by atoms with Gasteiger partial charge in [0.1, 0.15) is 17.3 Å². The lowest BCUT2D eigenvalue weighted by Crippen LogP contribution is -2.52. The maximum atomic E-state index is 15.5. The number of piperidine rings is 1. The van der Waals surface area contributed by atoms with Gasteiger partial charge in [-0.3, -0.25) is 0 Å². The van der Waals surface area contributed by atoms with Crippen LogP contribution in [-0.2, 0) is 38.4 Å². The van der Waals surface area contributed by atoms with Crippen LogP contribution in [0.1, 0.15) is 150 Å². The van der Waals surface area contributed by atoms with Gasteiger partial charge in [-0.05, 0) is 239 Å². The summed E-state index contributed by atoms with van der Waals surface area (Å²) in [5.41, 5.74) is 7.87. The summed E-state index contributed by atoms with van der Waals surface area (Å²) in [5.74, 6) is 8.09. The zero-order valence-corrected chi connectivity index (χ0v) is 50.7. The molecule has 450 valence electrons. The summed E-state index contributed by atoms with van der Waals surface area (Å²) >= 11 is 0. The first-order valence-electron chi connectivity index (χ1n) is 32.9. The predicted octanol–water partition coefficient (Wildman–Crippen LogP) is 12.1. The Balaban J connectivity index is 0.950. The number of benzene rings is 4. The largest absolute Gasteiger partial charge is 0.508 e. The Morgan fingerprint density at radius 1 is 0.814 bits per heavy atom. The van der Waals surface area contributed by atoms with Gasteiger partial charge < -0.3 is 46.1 Å². The van der Waals surface area contributed by atoms with Gasteiger partial charge in [0.2, 0.25) is 0 Å². The molecule has 6 aliphatic carbocycles. The van der Waals surface area contributed by atoms with Gasteiger partial charge in [0, 0.05) is 48.5 Å². The molecule has 4 aromatic carbocycles. The van der Waals surface area contributed by atoms with Crippen molar-refractivity contribution in [1.29, 1.82) is 0 Å². The fourth-order valence-corrected chi connectivity index (χ4v) is 19.0. The molecular weight excluding hydrogens is 1070 g/mol. The maximum Gasteiger partial charge on any atom is 0.340 e. The van der Waals surface area contributed by atoms with Gasteiger partial charge in [-0.1, -0.05) is 110 Å². The van der Waals surface area contributed by atoms with E-state index in [1.807, 2.05) is 25.1 Å². The van der Waals surface area contributed by atoms with Crippen LogP contribution in [0.15, 0.2) is 137 Å². The molecule has 86 heavy (non-hydrogen) atoms. The molecule has 13 unspecified atom stereocenters. The third kappa shape index (κ3) is 10.4. The van der Waals surface area contributed by atoms with Gasteiger partial charge in [0.25, 0.3) is 0 Å². The number of esters is 2. The average Bonchev–Trinajstić information content (AvgIpc) is 1.39. The summed E-state index contributed by atoms with van der Waals surface area (Å²) in [4.78, 5) is 30.9. The SMILES string of the molecule is CCC(C=C1OC(=O)C2=C3c4cc(O)ccc4-c4cccc(c4)CNCCc4cccc(c4)C4NCC(C)(O)CC#CC(C5(O)CCCC5)CC5CC(C6CCNC(NC)C6)(CC=C6OC(=O)C7=C6CCC6C3CCC12C76)CC54)Cc1ccccc1. The van der Waals surface area contributed by atoms with Gasteiger partial charge in [-0.15, -0.1) is 0 Å². The molecule has 0 amide bonds. The van der Waals surface area contributed by atoms with Crippen molar-refractivity contribution in [1.82, 2.24) is 21.3 Å². The lowest BCUT2D eigenvalue weighted by molar-refractivity contribution is -0.135. The first kappa shape index (κ1) is 57.6. The molecule has 11 heteroatoms. The second-order valence-electron chi connectivity index (χ2n) is 28.2. The van der Waals surface area contributed by atoms with Crippen molar-refractivity contribution in [2.24, 2.45) is 58.2 Å². The molecule has 1 spiro atoms. The second-order valence-corrected chi connectivity index (χ2v) is 28.2. The fourth-order valence-electron chi connectivity index (χ4n) is 19.0. The third-order valence-electron chi connectivity index (χ3n) is 23.1. The van der Waals surface area contributed by atoms with Crippen LogP contribution in [-0.4, -0.2) is 71.3 Å². The molecule has 0 aromatic heterocycles. The zero-order chi connectivity index (χ0) is 59.0. The Bertz CT molecular complexity index is 3490. The van der Waals surface area contributed by atoms with E-state index in [4.69, 9.17) is 9.47 Å². The minimum atomic E-state index is -1.09. The Morgan fingerprint density at radius 3 is 2.49 bits per heavy atom. The van der Waals surface area contributed by atoms with Crippen molar-refractivity contribution in [3.63, 3.8) is 0 Å². The monoisotopic (exact) mass is 1160 g/mol. The lowest BCUT2D eigenvalue weighted by atomic mass is 9.44. The van der Waals surface area contributed by atoms with E-state index in [2.05, 4.69) is 132 Å². The van der Waals surface area contributed by atoms with Crippen LogP contribution in [0.2, 0.25) is 0 Å². The molecule has 14 bridgehead atoms. The third-order valence-corrected chi connectivity index (χ3v) is 23.1. The molecule has 13 atom stereocenters. The first-order valence-corrected chi connectivity index (χ1v) is 32.9. The molecule has 2 saturated heterocycles. The standard InChI is InChI=1S/C75H88N4O7/c1-4-46(35-47-13-6-5-7-14-47)38-63-75-32-24-57-58-22-23-59-62(85-70(81)66(59)67(58)75)25-31-73(53-27-34-78-64(40-53)76-3)42-52-39-54(74(84)29-8-9-30-74)19-12-28-72(2,83)45-79-69(61(52)43-73)51-18-10-15-48(36-51)26-33-77-44-49-16-11-17-50(37-49)56-21-20-55(80)41-60(56)65(57)68(75)71(82)86-63/h5-7,10-11,13-18,20-21,25,36-38,41,46,52-54,57-58,61,64,67,69,76-80,83-84H,4,8-9,22-24,26-35,39-40,42-45H2,1-3H3. The van der Waals surface area contributed by atoms with Crippen LogP contribution in [0.4, 0.5) is 0 Å². The van der Waals surface area contributed by atoms with E-state index in [0.717, 1.165) is 148 Å². The summed E-state index contributed by atoms with van der Waals surface area (Å²) in [6.07, 6.45) is 19.3. The molecule has 6 heterocycles. The highest BCUT2D eigenvalue weighted by Gasteiger charge is 2.69. The van der Waals surface area contributed by atoms with E-state index in [1.54, 1.807) is 6.07 Å². The van der Waals surface area contributed by atoms with E-state index in [1.165, 1.54) is 16.7 Å². The fraction of sp³-hybridized carbons (Fsp3) is 0.520. The number of rotatable bonds is 7. The number of allylic oxidation sites excluding steroid dienone is 5. The summed E-state index contributed by atoms with van der Waals surface area (Å²) in [6, 6.07) is 33.9. The minimum Gasteiger partial charge on any atom is -0.508 e. The average molecular weight is 1160 g/mol. The van der Waals surface area contributed by atoms with E-state index in [9.17, 15) is 15.3 Å². The number of fused-ring (bicyclic) bond motifs is 5. The topological polar surface area (TPSA) is 161 Å². The normalized spacial score (nSPS) is 34.7. The van der Waals surface area contributed by atoms with Crippen molar-refractivity contribution in [2.75, 3.05) is 26.7 Å². The van der Waals surface area contributed by atoms with Crippen molar-refractivity contribution in [3.8, 4) is 28.7 Å². The number of aliphatic hydroxyl groups is 2. The Labute approximate surface area is 509 Å². The van der Waals surface area contributed by atoms with Crippen molar-refractivity contribution < 1.29 is 34.4 Å². The maximum absolute atomic E-state index is 15.5. The number of carbonyl (C=O) groups is 2. The number of aromatic hydroxyl groups is 1. The highest BCUT2D eigenvalue weighted by molar-refractivity contribution is 6.07. The van der Waals surface area contributed by atoms with Crippen LogP contribution in [0, 0.1) is 70.0 Å². The van der Waals surface area contributed by atoms with Gasteiger partial charge in [0.15, 0.2) is 0 Å². The summed E-state index contributed by atoms with van der Waals surface area (Å²) in [5, 5.41) is 51.5. The van der Waals surface area contributed by atoms with Crippen molar-refractivity contribution >= 4 is 17.5 Å².